The first-order chi connectivity index (χ1) is 20.4. The van der Waals surface area contributed by atoms with E-state index in [-0.39, 0.29) is 37.9 Å². The van der Waals surface area contributed by atoms with Gasteiger partial charge in [0.25, 0.3) is 0 Å². The summed E-state index contributed by atoms with van der Waals surface area (Å²) in [4.78, 5) is 48.1. The molecule has 3 amide bonds. The molecule has 0 bridgehead atoms. The predicted molar refractivity (Wildman–Crippen MR) is 156 cm³/mol. The van der Waals surface area contributed by atoms with E-state index in [1.165, 1.54) is 23.4 Å². The van der Waals surface area contributed by atoms with Crippen LogP contribution in [0.4, 0.5) is 9.18 Å². The van der Waals surface area contributed by atoms with Gasteiger partial charge in [-0.3, -0.25) is 9.59 Å². The number of aromatic amines is 1. The number of hydrogen-bond acceptors (Lipinski definition) is 5. The molecule has 3 N–H and O–H groups in total. The Morgan fingerprint density at radius 1 is 0.952 bits per heavy atom. The fourth-order valence-corrected chi connectivity index (χ4v) is 4.36. The van der Waals surface area contributed by atoms with Crippen molar-refractivity contribution in [3.63, 3.8) is 0 Å². The number of H-pyrrole nitrogens is 1. The van der Waals surface area contributed by atoms with Gasteiger partial charge in [-0.2, -0.15) is 0 Å². The van der Waals surface area contributed by atoms with Crippen molar-refractivity contribution in [1.29, 1.82) is 0 Å². The zero-order valence-corrected chi connectivity index (χ0v) is 23.3. The van der Waals surface area contributed by atoms with Gasteiger partial charge in [-0.15, -0.1) is 0 Å². The van der Waals surface area contributed by atoms with Crippen LogP contribution in [-0.2, 0) is 33.9 Å². The zero-order valence-electron chi connectivity index (χ0n) is 23.3. The molecule has 0 radical (unpaired) electrons. The minimum atomic E-state index is -1.08. The van der Waals surface area contributed by atoms with E-state index in [2.05, 4.69) is 20.6 Å². The maximum atomic E-state index is 13.9. The third kappa shape index (κ3) is 9.29. The van der Waals surface area contributed by atoms with E-state index in [1.54, 1.807) is 18.3 Å². The minimum Gasteiger partial charge on any atom is -0.445 e. The lowest BCUT2D eigenvalue weighted by atomic mass is 10.0. The molecule has 4 aromatic rings. The molecular weight excluding hydrogens is 537 g/mol. The van der Waals surface area contributed by atoms with Crippen LogP contribution in [0.5, 0.6) is 0 Å². The predicted octanol–water partition coefficient (Wildman–Crippen LogP) is 4.34. The van der Waals surface area contributed by atoms with Crippen molar-refractivity contribution < 1.29 is 23.5 Å². The van der Waals surface area contributed by atoms with Crippen LogP contribution in [-0.4, -0.2) is 51.9 Å². The van der Waals surface area contributed by atoms with Gasteiger partial charge >= 0.3 is 6.09 Å². The molecule has 1 aromatic heterocycles. The highest BCUT2D eigenvalue weighted by Crippen LogP contribution is 2.14. The Bertz CT molecular complexity index is 1420. The number of nitrogens with zero attached hydrogens (tertiary/aromatic N) is 2. The lowest BCUT2D eigenvalue weighted by Gasteiger charge is -2.27. The Hall–Kier alpha value is -4.99. The molecule has 3 aromatic carbocycles. The van der Waals surface area contributed by atoms with Gasteiger partial charge in [0.05, 0.1) is 18.6 Å². The number of carbonyl (C=O) groups is 3. The summed E-state index contributed by atoms with van der Waals surface area (Å²) in [6.07, 6.45) is 2.38. The molecule has 218 valence electrons. The molecule has 0 fully saturated rings. The normalized spacial score (nSPS) is 12.1. The van der Waals surface area contributed by atoms with Crippen molar-refractivity contribution in [2.45, 2.75) is 38.5 Å². The lowest BCUT2D eigenvalue weighted by Crippen LogP contribution is -2.52. The molecule has 0 aliphatic rings. The summed E-state index contributed by atoms with van der Waals surface area (Å²) in [6.45, 7) is 2.16. The van der Waals surface area contributed by atoms with Gasteiger partial charge in [-0.05, 0) is 34.7 Å². The molecule has 2 atom stereocenters. The highest BCUT2D eigenvalue weighted by atomic mass is 19.1. The third-order valence-electron chi connectivity index (χ3n) is 6.68. The van der Waals surface area contributed by atoms with Crippen LogP contribution >= 0.6 is 0 Å². The van der Waals surface area contributed by atoms with Crippen molar-refractivity contribution in [3.05, 3.63) is 126 Å². The molecular formula is C32H34FN5O4. The van der Waals surface area contributed by atoms with Crippen molar-refractivity contribution >= 4 is 17.9 Å². The number of rotatable bonds is 13. The van der Waals surface area contributed by atoms with E-state index < -0.39 is 23.9 Å². The topological polar surface area (TPSA) is 116 Å². The Labute approximate surface area is 244 Å². The summed E-state index contributed by atoms with van der Waals surface area (Å²) >= 11 is 0. The van der Waals surface area contributed by atoms with Crippen molar-refractivity contribution in [1.82, 2.24) is 25.5 Å². The van der Waals surface area contributed by atoms with Crippen molar-refractivity contribution in [2.24, 2.45) is 0 Å². The lowest BCUT2D eigenvalue weighted by molar-refractivity contribution is -0.138. The number of ether oxygens (including phenoxy) is 1. The van der Waals surface area contributed by atoms with Gasteiger partial charge in [-0.25, -0.2) is 14.2 Å². The Kier molecular flexibility index (Phi) is 10.8. The van der Waals surface area contributed by atoms with Crippen LogP contribution in [0.15, 0.2) is 97.5 Å². The molecule has 42 heavy (non-hydrogen) atoms. The SMILES string of the molecule is CC(CNC(=O)CN(Cc1ccc(F)cc1)C(=O)C(Cc1c[nH]cn1)NC(=O)OCc1ccccc1)c1ccccc1. The number of halogens is 1. The largest absolute Gasteiger partial charge is 0.445 e. The summed E-state index contributed by atoms with van der Waals surface area (Å²) in [5.74, 6) is -1.22. The van der Waals surface area contributed by atoms with Crippen LogP contribution in [0, 0.1) is 5.82 Å². The number of alkyl carbamates (subject to hydrolysis) is 1. The van der Waals surface area contributed by atoms with Crippen molar-refractivity contribution in [3.8, 4) is 0 Å². The number of carbonyl (C=O) groups excluding carboxylic acids is 3. The molecule has 0 aliphatic heterocycles. The second kappa shape index (κ2) is 15.1. The molecule has 0 aliphatic carbocycles. The van der Waals surface area contributed by atoms with Gasteiger partial charge in [0, 0.05) is 25.7 Å². The smallest absolute Gasteiger partial charge is 0.408 e. The van der Waals surface area contributed by atoms with Gasteiger partial charge in [0.2, 0.25) is 11.8 Å². The number of hydrogen-bond donors (Lipinski definition) is 3. The number of imidazole rings is 1. The highest BCUT2D eigenvalue weighted by molar-refractivity contribution is 5.89. The first kappa shape index (κ1) is 30.0. The molecule has 1 heterocycles. The van der Waals surface area contributed by atoms with E-state index in [9.17, 15) is 18.8 Å². The molecule has 0 spiro atoms. The Balaban J connectivity index is 1.48. The number of benzene rings is 3. The van der Waals surface area contributed by atoms with Gasteiger partial charge in [-0.1, -0.05) is 79.7 Å². The van der Waals surface area contributed by atoms with E-state index in [4.69, 9.17) is 4.74 Å². The minimum absolute atomic E-state index is 0.0251. The molecule has 0 saturated heterocycles. The van der Waals surface area contributed by atoms with E-state index >= 15 is 0 Å². The molecule has 10 heteroatoms. The van der Waals surface area contributed by atoms with Crippen LogP contribution < -0.4 is 10.6 Å². The third-order valence-corrected chi connectivity index (χ3v) is 6.68. The highest BCUT2D eigenvalue weighted by Gasteiger charge is 2.29. The van der Waals surface area contributed by atoms with E-state index in [0.29, 0.717) is 17.8 Å². The van der Waals surface area contributed by atoms with Gasteiger partial charge < -0.3 is 25.3 Å². The van der Waals surface area contributed by atoms with Crippen LogP contribution in [0.3, 0.4) is 0 Å². The molecule has 4 rings (SSSR count). The maximum absolute atomic E-state index is 13.9. The van der Waals surface area contributed by atoms with E-state index in [1.807, 2.05) is 67.6 Å². The summed E-state index contributed by atoms with van der Waals surface area (Å²) in [5.41, 5.74) is 3.04. The average Bonchev–Trinajstić information content (AvgIpc) is 3.53. The molecule has 2 unspecified atom stereocenters. The van der Waals surface area contributed by atoms with Crippen LogP contribution in [0.2, 0.25) is 0 Å². The number of amides is 3. The van der Waals surface area contributed by atoms with Gasteiger partial charge in [0.15, 0.2) is 0 Å². The average molecular weight is 572 g/mol. The summed E-state index contributed by atoms with van der Waals surface area (Å²) < 4.78 is 18.9. The fourth-order valence-electron chi connectivity index (χ4n) is 4.36. The Morgan fingerprint density at radius 2 is 1.64 bits per heavy atom. The molecule has 0 saturated carbocycles. The summed E-state index contributed by atoms with van der Waals surface area (Å²) in [6, 6.07) is 23.6. The number of aromatic nitrogens is 2. The second-order valence-electron chi connectivity index (χ2n) is 9.96. The summed E-state index contributed by atoms with van der Waals surface area (Å²) in [7, 11) is 0. The monoisotopic (exact) mass is 571 g/mol. The Morgan fingerprint density at radius 3 is 2.31 bits per heavy atom. The number of nitrogens with one attached hydrogen (secondary N) is 3. The van der Waals surface area contributed by atoms with Crippen LogP contribution in [0.1, 0.15) is 35.2 Å². The fraction of sp³-hybridized carbons (Fsp3) is 0.250. The first-order valence-corrected chi connectivity index (χ1v) is 13.7. The van der Waals surface area contributed by atoms with Crippen molar-refractivity contribution in [2.75, 3.05) is 13.1 Å². The second-order valence-corrected chi connectivity index (χ2v) is 9.96. The molecule has 9 nitrogen and oxygen atoms in total. The summed E-state index contributed by atoms with van der Waals surface area (Å²) in [5, 5.41) is 5.55. The van der Waals surface area contributed by atoms with Gasteiger partial charge in [0.1, 0.15) is 18.5 Å². The zero-order chi connectivity index (χ0) is 29.7. The quantitative estimate of drug-likeness (QED) is 0.221. The van der Waals surface area contributed by atoms with Crippen LogP contribution in [0.25, 0.3) is 0 Å². The maximum Gasteiger partial charge on any atom is 0.408 e. The standard InChI is InChI=1S/C32H34FN5O4/c1-23(26-10-6-3-7-11-26)17-35-30(39)20-38(19-24-12-14-27(33)15-13-24)31(40)29(16-28-18-34-22-36-28)37-32(41)42-21-25-8-4-2-5-9-25/h2-15,18,22-23,29H,16-17,19-21H2,1H3,(H,34,36)(H,35,39)(H,37,41). The van der Waals surface area contributed by atoms with E-state index in [0.717, 1.165) is 11.1 Å². The first-order valence-electron chi connectivity index (χ1n) is 13.7.